The zero-order valence-electron chi connectivity index (χ0n) is 14.7. The summed E-state index contributed by atoms with van der Waals surface area (Å²) in [5.41, 5.74) is 0.692. The summed E-state index contributed by atoms with van der Waals surface area (Å²) >= 11 is 7.15. The zero-order valence-corrected chi connectivity index (χ0v) is 16.3. The molecule has 0 aliphatic heterocycles. The Kier molecular flexibility index (Phi) is 7.40. The van der Waals surface area contributed by atoms with Gasteiger partial charge in [-0.3, -0.25) is 4.79 Å². The second-order valence-electron chi connectivity index (χ2n) is 5.60. The van der Waals surface area contributed by atoms with Crippen LogP contribution in [0.2, 0.25) is 5.02 Å². The number of methoxy groups -OCH3 is 1. The molecule has 0 saturated carbocycles. The maximum absolute atomic E-state index is 12.3. The molecule has 0 bridgehead atoms. The number of rotatable bonds is 8. The highest BCUT2D eigenvalue weighted by Crippen LogP contribution is 2.20. The van der Waals surface area contributed by atoms with Gasteiger partial charge in [0.1, 0.15) is 6.04 Å². The number of tetrazole rings is 1. The van der Waals surface area contributed by atoms with E-state index in [1.165, 1.54) is 11.8 Å². The van der Waals surface area contributed by atoms with Gasteiger partial charge in [0.05, 0.1) is 18.6 Å². The molecule has 26 heavy (non-hydrogen) atoms. The minimum Gasteiger partial charge on any atom is -0.467 e. The van der Waals surface area contributed by atoms with Gasteiger partial charge in [-0.25, -0.2) is 4.79 Å². The standard InChI is InChI=1S/C16H20ClN5O3S/c1-4-10(2)14(15(24)25-3)18-13(23)9-26-16-19-20-21-22(16)12-7-5-6-11(17)8-12/h5-8,10,14H,4,9H2,1-3H3,(H,18,23)/t10-,14-/m1/s1. The van der Waals surface area contributed by atoms with E-state index < -0.39 is 12.0 Å². The Morgan fingerprint density at radius 1 is 1.42 bits per heavy atom. The molecule has 0 fully saturated rings. The van der Waals surface area contributed by atoms with E-state index in [1.807, 2.05) is 19.9 Å². The van der Waals surface area contributed by atoms with Crippen LogP contribution < -0.4 is 5.32 Å². The fraction of sp³-hybridized carbons (Fsp3) is 0.438. The topological polar surface area (TPSA) is 99.0 Å². The highest BCUT2D eigenvalue weighted by Gasteiger charge is 2.26. The number of carbonyl (C=O) groups is 2. The maximum atomic E-state index is 12.3. The predicted octanol–water partition coefficient (Wildman–Crippen LogP) is 2.11. The van der Waals surface area contributed by atoms with Crippen LogP contribution >= 0.6 is 23.4 Å². The number of benzene rings is 1. The summed E-state index contributed by atoms with van der Waals surface area (Å²) in [6.07, 6.45) is 0.736. The van der Waals surface area contributed by atoms with Crippen molar-refractivity contribution in [2.45, 2.75) is 31.5 Å². The molecule has 140 valence electrons. The van der Waals surface area contributed by atoms with Crippen molar-refractivity contribution in [1.82, 2.24) is 25.5 Å². The monoisotopic (exact) mass is 397 g/mol. The lowest BCUT2D eigenvalue weighted by Gasteiger charge is -2.21. The van der Waals surface area contributed by atoms with Crippen molar-refractivity contribution in [2.24, 2.45) is 5.92 Å². The van der Waals surface area contributed by atoms with Gasteiger partial charge in [-0.05, 0) is 34.5 Å². The number of carbonyl (C=O) groups excluding carboxylic acids is 2. The molecular formula is C16H20ClN5O3S. The minimum absolute atomic E-state index is 0.0341. The van der Waals surface area contributed by atoms with Crippen LogP contribution in [0.15, 0.2) is 29.4 Å². The normalized spacial score (nSPS) is 13.1. The molecule has 1 aromatic heterocycles. The first-order valence-electron chi connectivity index (χ1n) is 8.00. The SMILES string of the molecule is CC[C@@H](C)[C@@H](NC(=O)CSc1nnnn1-c1cccc(Cl)c1)C(=O)OC. The van der Waals surface area contributed by atoms with Gasteiger partial charge in [0.15, 0.2) is 0 Å². The average molecular weight is 398 g/mol. The largest absolute Gasteiger partial charge is 0.467 e. The summed E-state index contributed by atoms with van der Waals surface area (Å²) in [7, 11) is 1.30. The number of hydrogen-bond acceptors (Lipinski definition) is 7. The number of aromatic nitrogens is 4. The van der Waals surface area contributed by atoms with Crippen LogP contribution in [0.1, 0.15) is 20.3 Å². The summed E-state index contributed by atoms with van der Waals surface area (Å²) < 4.78 is 6.26. The highest BCUT2D eigenvalue weighted by molar-refractivity contribution is 7.99. The van der Waals surface area contributed by atoms with E-state index >= 15 is 0 Å². The Bertz CT molecular complexity index is 770. The van der Waals surface area contributed by atoms with Crippen LogP contribution in [0.5, 0.6) is 0 Å². The third-order valence-electron chi connectivity index (χ3n) is 3.81. The lowest BCUT2D eigenvalue weighted by atomic mass is 9.99. The van der Waals surface area contributed by atoms with Crippen molar-refractivity contribution in [2.75, 3.05) is 12.9 Å². The third-order valence-corrected chi connectivity index (χ3v) is 4.97. The Balaban J connectivity index is 2.02. The molecule has 10 heteroatoms. The van der Waals surface area contributed by atoms with Crippen LogP contribution in [0.3, 0.4) is 0 Å². The minimum atomic E-state index is -0.679. The Labute approximate surface area is 160 Å². The first-order chi connectivity index (χ1) is 12.5. The van der Waals surface area contributed by atoms with E-state index in [0.29, 0.717) is 15.9 Å². The molecule has 0 aliphatic rings. The molecule has 1 heterocycles. The summed E-state index contributed by atoms with van der Waals surface area (Å²) in [4.78, 5) is 24.1. The number of nitrogens with one attached hydrogen (secondary N) is 1. The molecular weight excluding hydrogens is 378 g/mol. The fourth-order valence-corrected chi connectivity index (χ4v) is 3.07. The molecule has 0 saturated heterocycles. The van der Waals surface area contributed by atoms with Gasteiger partial charge in [0, 0.05) is 5.02 Å². The summed E-state index contributed by atoms with van der Waals surface area (Å²) in [5.74, 6) is -0.730. The molecule has 2 atom stereocenters. The number of nitrogens with zero attached hydrogens (tertiary/aromatic N) is 4. The Morgan fingerprint density at radius 2 is 2.19 bits per heavy atom. The summed E-state index contributed by atoms with van der Waals surface area (Å²) in [6.45, 7) is 3.83. The average Bonchev–Trinajstić information content (AvgIpc) is 3.11. The molecule has 8 nitrogen and oxygen atoms in total. The van der Waals surface area contributed by atoms with Crippen LogP contribution in [0.25, 0.3) is 5.69 Å². The third kappa shape index (κ3) is 5.18. The van der Waals surface area contributed by atoms with Crippen LogP contribution in [-0.4, -0.2) is 51.0 Å². The van der Waals surface area contributed by atoms with Crippen molar-refractivity contribution in [1.29, 1.82) is 0 Å². The van der Waals surface area contributed by atoms with E-state index in [2.05, 4.69) is 20.8 Å². The van der Waals surface area contributed by atoms with Crippen molar-refractivity contribution in [3.63, 3.8) is 0 Å². The predicted molar refractivity (Wildman–Crippen MR) is 98.3 cm³/mol. The lowest BCUT2D eigenvalue weighted by molar-refractivity contribution is -0.146. The van der Waals surface area contributed by atoms with Gasteiger partial charge in [-0.1, -0.05) is 49.7 Å². The molecule has 2 rings (SSSR count). The number of halogens is 1. The van der Waals surface area contributed by atoms with Gasteiger partial charge < -0.3 is 10.1 Å². The zero-order chi connectivity index (χ0) is 19.1. The van der Waals surface area contributed by atoms with E-state index in [9.17, 15) is 9.59 Å². The Morgan fingerprint density at radius 3 is 2.85 bits per heavy atom. The number of thioether (sulfide) groups is 1. The fourth-order valence-electron chi connectivity index (χ4n) is 2.18. The molecule has 1 aromatic carbocycles. The van der Waals surface area contributed by atoms with Crippen molar-refractivity contribution in [3.05, 3.63) is 29.3 Å². The summed E-state index contributed by atoms with van der Waals surface area (Å²) in [5, 5.41) is 15.2. The Hall–Kier alpha value is -2.13. The molecule has 2 aromatic rings. The van der Waals surface area contributed by atoms with Crippen molar-refractivity contribution >= 4 is 35.2 Å². The first-order valence-corrected chi connectivity index (χ1v) is 9.37. The van der Waals surface area contributed by atoms with Gasteiger partial charge in [0.25, 0.3) is 0 Å². The van der Waals surface area contributed by atoms with Gasteiger partial charge >= 0.3 is 5.97 Å². The number of ether oxygens (including phenoxy) is 1. The van der Waals surface area contributed by atoms with Gasteiger partial charge in [-0.15, -0.1) is 5.10 Å². The first kappa shape index (κ1) is 20.2. The van der Waals surface area contributed by atoms with E-state index in [1.54, 1.807) is 18.2 Å². The van der Waals surface area contributed by atoms with Crippen molar-refractivity contribution < 1.29 is 14.3 Å². The molecule has 0 spiro atoms. The van der Waals surface area contributed by atoms with Gasteiger partial charge in [0.2, 0.25) is 11.1 Å². The second-order valence-corrected chi connectivity index (χ2v) is 6.97. The molecule has 1 amide bonds. The van der Waals surface area contributed by atoms with Crippen LogP contribution in [0, 0.1) is 5.92 Å². The highest BCUT2D eigenvalue weighted by atomic mass is 35.5. The van der Waals surface area contributed by atoms with Crippen LogP contribution in [0.4, 0.5) is 0 Å². The van der Waals surface area contributed by atoms with E-state index in [-0.39, 0.29) is 17.6 Å². The molecule has 0 radical (unpaired) electrons. The number of hydrogen-bond donors (Lipinski definition) is 1. The molecule has 0 aliphatic carbocycles. The molecule has 0 unspecified atom stereocenters. The second kappa shape index (κ2) is 9.54. The number of amides is 1. The smallest absolute Gasteiger partial charge is 0.328 e. The van der Waals surface area contributed by atoms with Gasteiger partial charge in [-0.2, -0.15) is 4.68 Å². The van der Waals surface area contributed by atoms with E-state index in [4.69, 9.17) is 16.3 Å². The quantitative estimate of drug-likeness (QED) is 0.538. The van der Waals surface area contributed by atoms with Crippen molar-refractivity contribution in [3.8, 4) is 5.69 Å². The number of esters is 1. The molecule has 1 N–H and O–H groups in total. The summed E-state index contributed by atoms with van der Waals surface area (Å²) in [6, 6.07) is 6.38. The lowest BCUT2D eigenvalue weighted by Crippen LogP contribution is -2.46. The maximum Gasteiger partial charge on any atom is 0.328 e. The van der Waals surface area contributed by atoms with Crippen LogP contribution in [-0.2, 0) is 14.3 Å². The van der Waals surface area contributed by atoms with E-state index in [0.717, 1.165) is 18.2 Å².